The average Bonchev–Trinajstić information content (AvgIpc) is 2.05. The summed E-state index contributed by atoms with van der Waals surface area (Å²) in [5, 5.41) is 1.74. The van der Waals surface area contributed by atoms with Gasteiger partial charge in [-0.3, -0.25) is 5.43 Å². The lowest BCUT2D eigenvalue weighted by atomic mass is 10.3. The molecule has 4 N–H and O–H groups in total. The van der Waals surface area contributed by atoms with Crippen LogP contribution in [-0.2, 0) is 0 Å². The maximum Gasteiger partial charge on any atom is 0.0440 e. The number of hydrogen-bond acceptors (Lipinski definition) is 4. The van der Waals surface area contributed by atoms with Crippen molar-refractivity contribution in [3.63, 3.8) is 0 Å². The van der Waals surface area contributed by atoms with Crippen LogP contribution in [0.3, 0.4) is 0 Å². The van der Waals surface area contributed by atoms with Crippen LogP contribution < -0.4 is 16.6 Å². The number of rotatable bonds is 2. The van der Waals surface area contributed by atoms with E-state index in [2.05, 4.69) is 10.9 Å². The highest BCUT2D eigenvalue weighted by molar-refractivity contribution is 5.20. The molecule has 0 atom stereocenters. The molecule has 0 aromatic heterocycles. The molecule has 0 amide bonds. The number of nitrogens with two attached hydrogens (primary N) is 1. The largest absolute Gasteiger partial charge is 0.326 e. The van der Waals surface area contributed by atoms with Gasteiger partial charge < -0.3 is 5.73 Å². The van der Waals surface area contributed by atoms with Gasteiger partial charge >= 0.3 is 0 Å². The number of hydrogen-bond donors (Lipinski definition) is 3. The van der Waals surface area contributed by atoms with Crippen molar-refractivity contribution in [2.75, 3.05) is 13.6 Å². The number of nitrogens with zero attached hydrogens (tertiary/aromatic N) is 1. The first-order chi connectivity index (χ1) is 4.86. The minimum Gasteiger partial charge on any atom is -0.326 e. The van der Waals surface area contributed by atoms with Gasteiger partial charge in [0.2, 0.25) is 0 Å². The lowest BCUT2D eigenvalue weighted by Gasteiger charge is -2.22. The Morgan fingerprint density at radius 1 is 1.80 bits per heavy atom. The van der Waals surface area contributed by atoms with Crippen LogP contribution in [0.25, 0.3) is 0 Å². The third-order valence-electron chi connectivity index (χ3n) is 1.28. The van der Waals surface area contributed by atoms with Crippen molar-refractivity contribution < 1.29 is 0 Å². The molecule has 0 bridgehead atoms. The minimum atomic E-state index is 0.566. The summed E-state index contributed by atoms with van der Waals surface area (Å²) in [4.78, 5) is 0. The Morgan fingerprint density at radius 2 is 2.60 bits per heavy atom. The van der Waals surface area contributed by atoms with Crippen molar-refractivity contribution in [2.24, 2.45) is 5.73 Å². The molecule has 0 radical (unpaired) electrons. The average molecular weight is 140 g/mol. The Morgan fingerprint density at radius 3 is 3.20 bits per heavy atom. The molecule has 1 aliphatic rings. The van der Waals surface area contributed by atoms with E-state index in [0.717, 1.165) is 5.57 Å². The van der Waals surface area contributed by atoms with E-state index >= 15 is 0 Å². The normalized spacial score (nSPS) is 16.6. The molecule has 0 fully saturated rings. The molecule has 1 aliphatic heterocycles. The highest BCUT2D eigenvalue weighted by Gasteiger charge is 1.98. The predicted octanol–water partition coefficient (Wildman–Crippen LogP) is -0.703. The van der Waals surface area contributed by atoms with E-state index in [-0.39, 0.29) is 0 Å². The fraction of sp³-hybridized carbons (Fsp3) is 0.333. The first-order valence-corrected chi connectivity index (χ1v) is 3.17. The molecule has 0 saturated heterocycles. The van der Waals surface area contributed by atoms with Crippen molar-refractivity contribution in [1.29, 1.82) is 0 Å². The molecular formula is C6H12N4. The van der Waals surface area contributed by atoms with E-state index in [4.69, 9.17) is 5.73 Å². The summed E-state index contributed by atoms with van der Waals surface area (Å²) >= 11 is 0. The Balaban J connectivity index is 2.56. The van der Waals surface area contributed by atoms with Gasteiger partial charge in [-0.1, -0.05) is 0 Å². The first kappa shape index (κ1) is 7.11. The Labute approximate surface area is 60.3 Å². The van der Waals surface area contributed by atoms with E-state index in [1.54, 1.807) is 5.12 Å². The molecule has 56 valence electrons. The van der Waals surface area contributed by atoms with Crippen LogP contribution in [0.5, 0.6) is 0 Å². The lowest BCUT2D eigenvalue weighted by molar-refractivity contribution is 0.237. The second-order valence-corrected chi connectivity index (χ2v) is 1.96. The highest BCUT2D eigenvalue weighted by Crippen LogP contribution is 1.98. The van der Waals surface area contributed by atoms with Crippen LogP contribution in [0.15, 0.2) is 24.0 Å². The summed E-state index contributed by atoms with van der Waals surface area (Å²) < 4.78 is 0. The summed E-state index contributed by atoms with van der Waals surface area (Å²) in [6.07, 6.45) is 5.67. The van der Waals surface area contributed by atoms with E-state index in [1.807, 2.05) is 25.5 Å². The maximum atomic E-state index is 5.42. The van der Waals surface area contributed by atoms with Gasteiger partial charge in [-0.25, -0.2) is 10.5 Å². The van der Waals surface area contributed by atoms with E-state index in [0.29, 0.717) is 6.54 Å². The summed E-state index contributed by atoms with van der Waals surface area (Å²) in [6, 6.07) is 0. The molecule has 0 aliphatic carbocycles. The summed E-state index contributed by atoms with van der Waals surface area (Å²) in [5.74, 6) is 0. The first-order valence-electron chi connectivity index (χ1n) is 3.17. The summed E-state index contributed by atoms with van der Waals surface area (Å²) in [7, 11) is 1.83. The van der Waals surface area contributed by atoms with Gasteiger partial charge in [0, 0.05) is 26.0 Å². The molecule has 10 heavy (non-hydrogen) atoms. The predicted molar refractivity (Wildman–Crippen MR) is 40.3 cm³/mol. The van der Waals surface area contributed by atoms with Crippen LogP contribution in [0, 0.1) is 0 Å². The van der Waals surface area contributed by atoms with Crippen LogP contribution >= 0.6 is 0 Å². The Bertz CT molecular complexity index is 161. The van der Waals surface area contributed by atoms with Crippen LogP contribution in [0.1, 0.15) is 0 Å². The Kier molecular flexibility index (Phi) is 2.30. The Hall–Kier alpha value is -1.00. The third kappa shape index (κ3) is 1.49. The van der Waals surface area contributed by atoms with Gasteiger partial charge in [0.1, 0.15) is 0 Å². The molecule has 4 heteroatoms. The maximum absolute atomic E-state index is 5.42. The molecule has 1 rings (SSSR count). The molecule has 0 spiro atoms. The van der Waals surface area contributed by atoms with Gasteiger partial charge in [-0.15, -0.1) is 0 Å². The zero-order chi connectivity index (χ0) is 7.40. The topological polar surface area (TPSA) is 53.3 Å². The standard InChI is InChI=1S/C6H12N4/c1-8-10-5-6(4-7)2-3-9-10/h2-3,5,8-9H,4,7H2,1H3. The van der Waals surface area contributed by atoms with E-state index in [1.165, 1.54) is 0 Å². The SMILES string of the molecule is CNN1C=C(CN)C=CN1. The number of hydrazine groups is 2. The van der Waals surface area contributed by atoms with Gasteiger partial charge in [-0.05, 0) is 11.6 Å². The highest BCUT2D eigenvalue weighted by atomic mass is 15.7. The smallest absolute Gasteiger partial charge is 0.0440 e. The number of nitrogens with one attached hydrogen (secondary N) is 2. The van der Waals surface area contributed by atoms with Crippen molar-refractivity contribution >= 4 is 0 Å². The monoisotopic (exact) mass is 140 g/mol. The van der Waals surface area contributed by atoms with Gasteiger partial charge in [0.15, 0.2) is 0 Å². The van der Waals surface area contributed by atoms with Crippen molar-refractivity contribution in [1.82, 2.24) is 16.0 Å². The second kappa shape index (κ2) is 3.24. The fourth-order valence-electron chi connectivity index (χ4n) is 0.721. The van der Waals surface area contributed by atoms with Crippen LogP contribution in [-0.4, -0.2) is 18.7 Å². The second-order valence-electron chi connectivity index (χ2n) is 1.96. The zero-order valence-corrected chi connectivity index (χ0v) is 5.96. The molecule has 0 unspecified atom stereocenters. The summed E-state index contributed by atoms with van der Waals surface area (Å²) in [5.41, 5.74) is 12.4. The van der Waals surface area contributed by atoms with Crippen molar-refractivity contribution in [2.45, 2.75) is 0 Å². The molecule has 1 heterocycles. The van der Waals surface area contributed by atoms with Gasteiger partial charge in [-0.2, -0.15) is 0 Å². The van der Waals surface area contributed by atoms with Crippen molar-refractivity contribution in [3.05, 3.63) is 24.0 Å². The molecular weight excluding hydrogens is 128 g/mol. The van der Waals surface area contributed by atoms with Gasteiger partial charge in [0.05, 0.1) is 0 Å². The van der Waals surface area contributed by atoms with Crippen molar-refractivity contribution in [3.8, 4) is 0 Å². The lowest BCUT2D eigenvalue weighted by Crippen LogP contribution is -2.41. The quantitative estimate of drug-likeness (QED) is 0.474. The van der Waals surface area contributed by atoms with Crippen LogP contribution in [0.4, 0.5) is 0 Å². The van der Waals surface area contributed by atoms with Crippen LogP contribution in [0.2, 0.25) is 0 Å². The minimum absolute atomic E-state index is 0.566. The zero-order valence-electron chi connectivity index (χ0n) is 5.96. The van der Waals surface area contributed by atoms with Gasteiger partial charge in [0.25, 0.3) is 0 Å². The fourth-order valence-corrected chi connectivity index (χ4v) is 0.721. The van der Waals surface area contributed by atoms with E-state index in [9.17, 15) is 0 Å². The molecule has 0 aromatic rings. The van der Waals surface area contributed by atoms with E-state index < -0.39 is 0 Å². The summed E-state index contributed by atoms with van der Waals surface area (Å²) in [6.45, 7) is 0.566. The molecule has 0 saturated carbocycles. The third-order valence-corrected chi connectivity index (χ3v) is 1.28. The molecule has 4 nitrogen and oxygen atoms in total. The molecule has 0 aromatic carbocycles.